The average molecular weight is 128 g/mol. The summed E-state index contributed by atoms with van der Waals surface area (Å²) in [6.45, 7) is 0. The van der Waals surface area contributed by atoms with Gasteiger partial charge in [0.15, 0.2) is 0 Å². The highest BCUT2D eigenvalue weighted by molar-refractivity contribution is 5.54. The zero-order valence-electron chi connectivity index (χ0n) is 5.14. The van der Waals surface area contributed by atoms with E-state index in [1.807, 2.05) is 0 Å². The Kier molecular flexibility index (Phi) is 1.98. The lowest BCUT2D eigenvalue weighted by Gasteiger charge is -2.10. The van der Waals surface area contributed by atoms with Crippen LogP contribution in [0.3, 0.4) is 0 Å². The van der Waals surface area contributed by atoms with Gasteiger partial charge in [0.1, 0.15) is 6.29 Å². The molecular weight excluding hydrogens is 119 g/mol. The van der Waals surface area contributed by atoms with E-state index in [0.717, 1.165) is 6.29 Å². The van der Waals surface area contributed by atoms with Crippen LogP contribution in [0.15, 0.2) is 11.9 Å². The minimum absolute atomic E-state index is 0.0619. The zero-order chi connectivity index (χ0) is 6.69. The van der Waals surface area contributed by atoms with E-state index in [9.17, 15) is 9.18 Å². The Morgan fingerprint density at radius 3 is 3.00 bits per heavy atom. The first kappa shape index (κ1) is 6.46. The average Bonchev–Trinajstić information content (AvgIpc) is 1.90. The molecule has 50 valence electrons. The molecule has 1 unspecified atom stereocenters. The molecule has 1 atom stereocenters. The minimum atomic E-state index is -0.0619. The first-order valence-electron chi connectivity index (χ1n) is 3.12. The fourth-order valence-corrected chi connectivity index (χ4v) is 0.946. The predicted molar refractivity (Wildman–Crippen MR) is 32.6 cm³/mol. The van der Waals surface area contributed by atoms with Crippen LogP contribution in [0.1, 0.15) is 19.3 Å². The van der Waals surface area contributed by atoms with Crippen LogP contribution in [0, 0.1) is 5.92 Å². The summed E-state index contributed by atoms with van der Waals surface area (Å²) in [5, 5.41) is 0. The number of carbonyl (C=O) groups is 1. The van der Waals surface area contributed by atoms with Crippen molar-refractivity contribution in [3.8, 4) is 0 Å². The van der Waals surface area contributed by atoms with Crippen molar-refractivity contribution in [2.45, 2.75) is 19.3 Å². The van der Waals surface area contributed by atoms with Gasteiger partial charge in [0.05, 0.1) is 5.83 Å². The second-order valence-corrected chi connectivity index (χ2v) is 2.32. The van der Waals surface area contributed by atoms with E-state index in [2.05, 4.69) is 0 Å². The quantitative estimate of drug-likeness (QED) is 0.492. The summed E-state index contributed by atoms with van der Waals surface area (Å²) in [6, 6.07) is 0. The molecule has 0 fully saturated rings. The highest BCUT2D eigenvalue weighted by Crippen LogP contribution is 2.21. The smallest absolute Gasteiger partial charge is 0.123 e. The van der Waals surface area contributed by atoms with Crippen LogP contribution in [-0.2, 0) is 4.79 Å². The van der Waals surface area contributed by atoms with Crippen molar-refractivity contribution in [2.24, 2.45) is 5.92 Å². The molecule has 9 heavy (non-hydrogen) atoms. The third-order valence-corrected chi connectivity index (χ3v) is 1.59. The molecule has 1 rings (SSSR count). The van der Waals surface area contributed by atoms with Crippen LogP contribution in [-0.4, -0.2) is 6.29 Å². The van der Waals surface area contributed by atoms with Gasteiger partial charge in [0.25, 0.3) is 0 Å². The van der Waals surface area contributed by atoms with Gasteiger partial charge in [0, 0.05) is 5.92 Å². The number of hydrogen-bond donors (Lipinski definition) is 0. The zero-order valence-corrected chi connectivity index (χ0v) is 5.14. The highest BCUT2D eigenvalue weighted by atomic mass is 19.1. The molecule has 1 aliphatic rings. The second kappa shape index (κ2) is 2.76. The summed E-state index contributed by atoms with van der Waals surface area (Å²) in [5.74, 6) is 0.0117. The van der Waals surface area contributed by atoms with Gasteiger partial charge in [-0.25, -0.2) is 4.39 Å². The van der Waals surface area contributed by atoms with Gasteiger partial charge in [-0.3, -0.25) is 0 Å². The Morgan fingerprint density at radius 2 is 2.56 bits per heavy atom. The summed E-state index contributed by atoms with van der Waals surface area (Å²) in [7, 11) is 0. The summed E-state index contributed by atoms with van der Waals surface area (Å²) in [6.07, 6.45) is 4.14. The Balaban J connectivity index is 2.45. The maximum Gasteiger partial charge on any atom is 0.123 e. The van der Waals surface area contributed by atoms with E-state index in [1.54, 1.807) is 0 Å². The molecule has 1 nitrogen and oxygen atoms in total. The fourth-order valence-electron chi connectivity index (χ4n) is 0.946. The van der Waals surface area contributed by atoms with Crippen molar-refractivity contribution < 1.29 is 9.18 Å². The van der Waals surface area contributed by atoms with Crippen molar-refractivity contribution in [1.29, 1.82) is 0 Å². The van der Waals surface area contributed by atoms with Gasteiger partial charge < -0.3 is 4.79 Å². The lowest BCUT2D eigenvalue weighted by molar-refractivity contribution is -0.111. The third kappa shape index (κ3) is 1.63. The predicted octanol–water partition coefficient (Wildman–Crippen LogP) is 1.84. The van der Waals surface area contributed by atoms with Gasteiger partial charge in [0.2, 0.25) is 0 Å². The topological polar surface area (TPSA) is 17.1 Å². The lowest BCUT2D eigenvalue weighted by Crippen LogP contribution is -2.04. The molecule has 2 heteroatoms. The monoisotopic (exact) mass is 128 g/mol. The molecular formula is C7H9FO. The largest absolute Gasteiger partial charge is 0.303 e. The highest BCUT2D eigenvalue weighted by Gasteiger charge is 2.12. The number of aldehydes is 1. The summed E-state index contributed by atoms with van der Waals surface area (Å²) in [5.41, 5.74) is 0. The molecule has 0 aromatic carbocycles. The number of rotatable bonds is 1. The van der Waals surface area contributed by atoms with Crippen molar-refractivity contribution in [3.05, 3.63) is 11.9 Å². The maximum absolute atomic E-state index is 12.2. The summed E-state index contributed by atoms with van der Waals surface area (Å²) < 4.78 is 12.2. The maximum atomic E-state index is 12.2. The van der Waals surface area contributed by atoms with Crippen LogP contribution >= 0.6 is 0 Å². The molecule has 0 bridgehead atoms. The third-order valence-electron chi connectivity index (χ3n) is 1.59. The SMILES string of the molecule is O=CC1CC=C(F)CC1. The molecule has 1 aliphatic carbocycles. The fraction of sp³-hybridized carbons (Fsp3) is 0.571. The molecule has 0 radical (unpaired) electrons. The Bertz CT molecular complexity index is 140. The van der Waals surface area contributed by atoms with Crippen LogP contribution in [0.2, 0.25) is 0 Å². The van der Waals surface area contributed by atoms with Crippen LogP contribution in [0.4, 0.5) is 4.39 Å². The first-order chi connectivity index (χ1) is 4.33. The lowest BCUT2D eigenvalue weighted by atomic mass is 9.95. The van der Waals surface area contributed by atoms with Crippen molar-refractivity contribution in [3.63, 3.8) is 0 Å². The van der Waals surface area contributed by atoms with Crippen LogP contribution in [0.5, 0.6) is 0 Å². The second-order valence-electron chi connectivity index (χ2n) is 2.32. The molecule has 0 amide bonds. The molecule has 0 aromatic rings. The van der Waals surface area contributed by atoms with Gasteiger partial charge in [-0.1, -0.05) is 6.08 Å². The van der Waals surface area contributed by atoms with Crippen molar-refractivity contribution in [2.75, 3.05) is 0 Å². The minimum Gasteiger partial charge on any atom is -0.303 e. The normalized spacial score (nSPS) is 27.2. The Morgan fingerprint density at radius 1 is 1.78 bits per heavy atom. The van der Waals surface area contributed by atoms with E-state index in [1.165, 1.54) is 6.08 Å². The van der Waals surface area contributed by atoms with Gasteiger partial charge >= 0.3 is 0 Å². The molecule has 0 aliphatic heterocycles. The number of hydrogen-bond acceptors (Lipinski definition) is 1. The van der Waals surface area contributed by atoms with Crippen molar-refractivity contribution in [1.82, 2.24) is 0 Å². The van der Waals surface area contributed by atoms with E-state index in [0.29, 0.717) is 19.3 Å². The molecule has 0 saturated carbocycles. The van der Waals surface area contributed by atoms with Crippen molar-refractivity contribution >= 4 is 6.29 Å². The molecule has 0 spiro atoms. The number of halogens is 1. The van der Waals surface area contributed by atoms with E-state index in [4.69, 9.17) is 0 Å². The first-order valence-corrected chi connectivity index (χ1v) is 3.12. The molecule has 0 saturated heterocycles. The molecule has 0 heterocycles. The Labute approximate surface area is 53.6 Å². The van der Waals surface area contributed by atoms with Gasteiger partial charge in [-0.15, -0.1) is 0 Å². The van der Waals surface area contributed by atoms with Crippen LogP contribution < -0.4 is 0 Å². The standard InChI is InChI=1S/C7H9FO/c8-7-3-1-6(5-9)2-4-7/h3,5-6H,1-2,4H2. The Hall–Kier alpha value is -0.660. The summed E-state index contributed by atoms with van der Waals surface area (Å²) >= 11 is 0. The van der Waals surface area contributed by atoms with Crippen LogP contribution in [0.25, 0.3) is 0 Å². The molecule has 0 N–H and O–H groups in total. The van der Waals surface area contributed by atoms with Gasteiger partial charge in [-0.2, -0.15) is 0 Å². The summed E-state index contributed by atoms with van der Waals surface area (Å²) in [4.78, 5) is 10.1. The molecule has 0 aromatic heterocycles. The van der Waals surface area contributed by atoms with E-state index >= 15 is 0 Å². The number of carbonyl (C=O) groups excluding carboxylic acids is 1. The van der Waals surface area contributed by atoms with E-state index < -0.39 is 0 Å². The van der Waals surface area contributed by atoms with Gasteiger partial charge in [-0.05, 0) is 19.3 Å². The van der Waals surface area contributed by atoms with E-state index in [-0.39, 0.29) is 11.7 Å². The number of allylic oxidation sites excluding steroid dienone is 2.